The van der Waals surface area contributed by atoms with Gasteiger partial charge in [-0.2, -0.15) is 0 Å². The molecule has 0 spiro atoms. The second kappa shape index (κ2) is 6.21. The molecule has 7 nitrogen and oxygen atoms in total. The van der Waals surface area contributed by atoms with Crippen molar-refractivity contribution in [1.29, 1.82) is 0 Å². The summed E-state index contributed by atoms with van der Waals surface area (Å²) in [6.45, 7) is 0.494. The third kappa shape index (κ3) is 3.97. The largest absolute Gasteiger partial charge is 0.481 e. The number of carbonyl (C=O) groups excluding carboxylic acids is 1. The molecule has 1 aliphatic carbocycles. The topological polar surface area (TPSA) is 107 Å². The van der Waals surface area contributed by atoms with E-state index in [2.05, 4.69) is 20.6 Å². The summed E-state index contributed by atoms with van der Waals surface area (Å²) in [6, 6.07) is -0.285. The predicted molar refractivity (Wildman–Crippen MR) is 67.6 cm³/mol. The first-order chi connectivity index (χ1) is 9.15. The van der Waals surface area contributed by atoms with Crippen molar-refractivity contribution in [2.24, 2.45) is 5.92 Å². The molecule has 1 aromatic heterocycles. The maximum atomic E-state index is 11.6. The van der Waals surface area contributed by atoms with Crippen LogP contribution in [0.2, 0.25) is 0 Å². The van der Waals surface area contributed by atoms with Gasteiger partial charge in [-0.25, -0.2) is 9.78 Å². The molecule has 2 rings (SSSR count). The molecule has 0 bridgehead atoms. The van der Waals surface area contributed by atoms with Crippen molar-refractivity contribution in [3.63, 3.8) is 0 Å². The third-order valence-corrected chi connectivity index (χ3v) is 3.32. The number of aromatic nitrogens is 2. The van der Waals surface area contributed by atoms with Crippen LogP contribution in [0.4, 0.5) is 4.79 Å². The molecule has 0 radical (unpaired) electrons. The van der Waals surface area contributed by atoms with E-state index in [1.165, 1.54) is 0 Å². The van der Waals surface area contributed by atoms with Crippen LogP contribution in [0.5, 0.6) is 0 Å². The number of imidazole rings is 1. The number of rotatable bonds is 5. The summed E-state index contributed by atoms with van der Waals surface area (Å²) in [5.74, 6) is -0.275. The molecule has 4 N–H and O–H groups in total. The van der Waals surface area contributed by atoms with E-state index in [4.69, 9.17) is 5.11 Å². The van der Waals surface area contributed by atoms with E-state index >= 15 is 0 Å². The molecule has 0 unspecified atom stereocenters. The second-order valence-electron chi connectivity index (χ2n) is 4.73. The minimum Gasteiger partial charge on any atom is -0.481 e. The van der Waals surface area contributed by atoms with Gasteiger partial charge in [-0.15, -0.1) is 0 Å². The molecule has 1 saturated carbocycles. The maximum absolute atomic E-state index is 11.6. The highest BCUT2D eigenvalue weighted by Crippen LogP contribution is 2.25. The Morgan fingerprint density at radius 2 is 2.32 bits per heavy atom. The molecule has 1 heterocycles. The molecule has 19 heavy (non-hydrogen) atoms. The van der Waals surface area contributed by atoms with E-state index in [0.717, 1.165) is 12.2 Å². The Morgan fingerprint density at radius 1 is 1.47 bits per heavy atom. The highest BCUT2D eigenvalue weighted by molar-refractivity contribution is 5.75. The summed E-state index contributed by atoms with van der Waals surface area (Å²) in [4.78, 5) is 29.4. The zero-order valence-corrected chi connectivity index (χ0v) is 10.6. The average molecular weight is 266 g/mol. The van der Waals surface area contributed by atoms with Crippen molar-refractivity contribution in [2.75, 3.05) is 6.54 Å². The van der Waals surface area contributed by atoms with Gasteiger partial charge in [-0.05, 0) is 19.3 Å². The minimum atomic E-state index is -0.775. The molecule has 1 aromatic rings. The van der Waals surface area contributed by atoms with E-state index in [9.17, 15) is 9.59 Å². The first-order valence-corrected chi connectivity index (χ1v) is 6.40. The lowest BCUT2D eigenvalue weighted by Gasteiger charge is -2.13. The van der Waals surface area contributed by atoms with Crippen LogP contribution in [-0.4, -0.2) is 39.7 Å². The maximum Gasteiger partial charge on any atom is 0.315 e. The number of carboxylic acid groups (broad SMARTS) is 1. The number of aromatic amines is 1. The van der Waals surface area contributed by atoms with Crippen molar-refractivity contribution < 1.29 is 14.7 Å². The molecule has 7 heteroatoms. The summed E-state index contributed by atoms with van der Waals surface area (Å²) in [6.07, 6.45) is 5.92. The zero-order valence-electron chi connectivity index (χ0n) is 10.6. The fourth-order valence-electron chi connectivity index (χ4n) is 2.30. The monoisotopic (exact) mass is 266 g/mol. The molecule has 1 fully saturated rings. The Hall–Kier alpha value is -2.05. The van der Waals surface area contributed by atoms with Crippen LogP contribution in [-0.2, 0) is 11.2 Å². The van der Waals surface area contributed by atoms with Crippen molar-refractivity contribution in [1.82, 2.24) is 20.6 Å². The predicted octanol–water partition coefficient (Wildman–Crippen LogP) is 0.505. The molecule has 2 atom stereocenters. The zero-order chi connectivity index (χ0) is 13.7. The number of hydrogen-bond acceptors (Lipinski definition) is 3. The van der Waals surface area contributed by atoms with E-state index in [1.54, 1.807) is 12.4 Å². The van der Waals surface area contributed by atoms with E-state index in [0.29, 0.717) is 25.8 Å². The molecule has 0 aromatic carbocycles. The van der Waals surface area contributed by atoms with Crippen LogP contribution in [0, 0.1) is 5.92 Å². The van der Waals surface area contributed by atoms with Gasteiger partial charge >= 0.3 is 12.0 Å². The molecule has 104 valence electrons. The Bertz CT molecular complexity index is 432. The number of nitrogens with zero attached hydrogens (tertiary/aromatic N) is 1. The quantitative estimate of drug-likeness (QED) is 0.622. The molecular formula is C12H18N4O3. The van der Waals surface area contributed by atoms with E-state index in [-0.39, 0.29) is 18.0 Å². The summed E-state index contributed by atoms with van der Waals surface area (Å²) >= 11 is 0. The van der Waals surface area contributed by atoms with Gasteiger partial charge in [0.15, 0.2) is 0 Å². The van der Waals surface area contributed by atoms with Gasteiger partial charge in [0.25, 0.3) is 0 Å². The summed E-state index contributed by atoms with van der Waals surface area (Å²) in [5.41, 5.74) is 0. The van der Waals surface area contributed by atoms with Crippen LogP contribution in [0.1, 0.15) is 25.1 Å². The Kier molecular flexibility index (Phi) is 4.38. The first-order valence-electron chi connectivity index (χ1n) is 6.40. The van der Waals surface area contributed by atoms with Gasteiger partial charge in [-0.3, -0.25) is 4.79 Å². The number of urea groups is 1. The number of carboxylic acids is 1. The second-order valence-corrected chi connectivity index (χ2v) is 4.73. The van der Waals surface area contributed by atoms with Crippen molar-refractivity contribution in [3.05, 3.63) is 18.2 Å². The Labute approximate surface area is 110 Å². The highest BCUT2D eigenvalue weighted by Gasteiger charge is 2.30. The molecular weight excluding hydrogens is 248 g/mol. The van der Waals surface area contributed by atoms with Gasteiger partial charge in [-0.1, -0.05) is 0 Å². The average Bonchev–Trinajstić information content (AvgIpc) is 3.00. The lowest BCUT2D eigenvalue weighted by atomic mass is 10.1. The minimum absolute atomic E-state index is 0.0373. The summed E-state index contributed by atoms with van der Waals surface area (Å²) in [5, 5.41) is 14.4. The fraction of sp³-hybridized carbons (Fsp3) is 0.583. The molecule has 2 amide bonds. The number of hydrogen-bond donors (Lipinski definition) is 4. The number of nitrogens with one attached hydrogen (secondary N) is 3. The SMILES string of the molecule is O=C(NCCc1ncc[nH]1)N[C@H]1CC[C@@H](C(=O)O)C1. The molecule has 0 aliphatic heterocycles. The standard InChI is InChI=1S/C12H18N4O3/c17-11(18)8-1-2-9(7-8)16-12(19)15-4-3-10-13-5-6-14-10/h5-6,8-9H,1-4,7H2,(H,13,14)(H,17,18)(H2,15,16,19)/t8-,9+/m1/s1. The molecule has 0 saturated heterocycles. The number of amides is 2. The third-order valence-electron chi connectivity index (χ3n) is 3.32. The first kappa shape index (κ1) is 13.4. The van der Waals surface area contributed by atoms with E-state index in [1.807, 2.05) is 0 Å². The number of aliphatic carboxylic acids is 1. The number of carbonyl (C=O) groups is 2. The highest BCUT2D eigenvalue weighted by atomic mass is 16.4. The molecule has 1 aliphatic rings. The number of H-pyrrole nitrogens is 1. The van der Waals surface area contributed by atoms with Crippen LogP contribution in [0.25, 0.3) is 0 Å². The van der Waals surface area contributed by atoms with Crippen LogP contribution >= 0.6 is 0 Å². The summed E-state index contributed by atoms with van der Waals surface area (Å²) < 4.78 is 0. The van der Waals surface area contributed by atoms with Crippen LogP contribution < -0.4 is 10.6 Å². The smallest absolute Gasteiger partial charge is 0.315 e. The Balaban J connectivity index is 1.63. The van der Waals surface area contributed by atoms with Gasteiger partial charge in [0.1, 0.15) is 5.82 Å². The van der Waals surface area contributed by atoms with Crippen molar-refractivity contribution >= 4 is 12.0 Å². The van der Waals surface area contributed by atoms with Gasteiger partial charge in [0.05, 0.1) is 5.92 Å². The summed E-state index contributed by atoms with van der Waals surface area (Å²) in [7, 11) is 0. The van der Waals surface area contributed by atoms with Crippen LogP contribution in [0.3, 0.4) is 0 Å². The van der Waals surface area contributed by atoms with Gasteiger partial charge in [0.2, 0.25) is 0 Å². The van der Waals surface area contributed by atoms with Crippen molar-refractivity contribution in [2.45, 2.75) is 31.7 Å². The Morgan fingerprint density at radius 3 is 2.95 bits per heavy atom. The normalized spacial score (nSPS) is 22.1. The fourth-order valence-corrected chi connectivity index (χ4v) is 2.30. The van der Waals surface area contributed by atoms with E-state index < -0.39 is 5.97 Å². The lowest BCUT2D eigenvalue weighted by molar-refractivity contribution is -0.141. The van der Waals surface area contributed by atoms with Gasteiger partial charge in [0, 0.05) is 31.4 Å². The van der Waals surface area contributed by atoms with Crippen molar-refractivity contribution in [3.8, 4) is 0 Å². The van der Waals surface area contributed by atoms with Crippen LogP contribution in [0.15, 0.2) is 12.4 Å². The van der Waals surface area contributed by atoms with Gasteiger partial charge < -0.3 is 20.7 Å². The lowest BCUT2D eigenvalue weighted by Crippen LogP contribution is -2.42.